The van der Waals surface area contributed by atoms with Gasteiger partial charge in [0.15, 0.2) is 5.13 Å². The van der Waals surface area contributed by atoms with Crippen LogP contribution in [0.1, 0.15) is 20.9 Å². The third-order valence-corrected chi connectivity index (χ3v) is 6.22. The van der Waals surface area contributed by atoms with Crippen molar-refractivity contribution in [3.8, 4) is 0 Å². The Morgan fingerprint density at radius 2 is 1.93 bits per heavy atom. The smallest absolute Gasteiger partial charge is 0.259 e. The van der Waals surface area contributed by atoms with Crippen LogP contribution in [-0.4, -0.2) is 52.3 Å². The fourth-order valence-corrected chi connectivity index (χ4v) is 4.22. The molecule has 0 unspecified atom stereocenters. The van der Waals surface area contributed by atoms with Gasteiger partial charge in [-0.25, -0.2) is 9.97 Å². The van der Waals surface area contributed by atoms with Gasteiger partial charge in [0.05, 0.1) is 11.3 Å². The highest BCUT2D eigenvalue weighted by molar-refractivity contribution is 7.15. The monoisotopic (exact) mass is 401 g/mol. The molecule has 1 fully saturated rings. The fourth-order valence-electron chi connectivity index (χ4n) is 2.82. The van der Waals surface area contributed by atoms with Gasteiger partial charge in [-0.1, -0.05) is 11.3 Å². The van der Waals surface area contributed by atoms with Crippen LogP contribution in [0.15, 0.2) is 23.8 Å². The second-order valence-electron chi connectivity index (χ2n) is 6.22. The van der Waals surface area contributed by atoms with E-state index in [0.717, 1.165) is 42.8 Å². The van der Waals surface area contributed by atoms with Gasteiger partial charge in [-0.15, -0.1) is 21.5 Å². The number of nitrogens with zero attached hydrogens (tertiary/aromatic N) is 6. The molecule has 1 amide bonds. The Hall–Kier alpha value is -2.59. The lowest BCUT2D eigenvalue weighted by Gasteiger charge is -2.35. The summed E-state index contributed by atoms with van der Waals surface area (Å²) in [6.07, 6.45) is 1.60. The molecule has 1 aliphatic rings. The first kappa shape index (κ1) is 17.8. The predicted octanol–water partition coefficient (Wildman–Crippen LogP) is 2.59. The van der Waals surface area contributed by atoms with E-state index in [4.69, 9.17) is 0 Å². The van der Waals surface area contributed by atoms with Crippen molar-refractivity contribution in [1.29, 1.82) is 0 Å². The minimum atomic E-state index is -0.231. The maximum atomic E-state index is 12.2. The molecule has 3 aromatic rings. The van der Waals surface area contributed by atoms with Crippen molar-refractivity contribution in [2.75, 3.05) is 41.3 Å². The SMILES string of the molecule is Cc1nc(N2CCN(c3ccc(C(=O)Nc4nncs4)cn3)CC2)sc1C. The predicted molar refractivity (Wildman–Crippen MR) is 108 cm³/mol. The number of rotatable bonds is 4. The molecule has 140 valence electrons. The van der Waals surface area contributed by atoms with Crippen LogP contribution in [0.2, 0.25) is 0 Å². The van der Waals surface area contributed by atoms with Crippen molar-refractivity contribution < 1.29 is 4.79 Å². The first-order chi connectivity index (χ1) is 13.1. The van der Waals surface area contributed by atoms with Gasteiger partial charge in [0.25, 0.3) is 5.91 Å². The summed E-state index contributed by atoms with van der Waals surface area (Å²) in [5.74, 6) is 0.652. The number of piperazine rings is 1. The van der Waals surface area contributed by atoms with Crippen LogP contribution in [0, 0.1) is 13.8 Å². The van der Waals surface area contributed by atoms with Crippen molar-refractivity contribution in [3.63, 3.8) is 0 Å². The third kappa shape index (κ3) is 3.91. The van der Waals surface area contributed by atoms with Crippen molar-refractivity contribution >= 4 is 44.7 Å². The number of nitrogens with one attached hydrogen (secondary N) is 1. The van der Waals surface area contributed by atoms with E-state index in [1.165, 1.54) is 16.2 Å². The number of aryl methyl sites for hydroxylation is 2. The zero-order valence-corrected chi connectivity index (χ0v) is 16.7. The average molecular weight is 402 g/mol. The molecule has 0 aromatic carbocycles. The first-order valence-corrected chi connectivity index (χ1v) is 10.3. The molecule has 27 heavy (non-hydrogen) atoms. The van der Waals surface area contributed by atoms with Crippen LogP contribution in [0.3, 0.4) is 0 Å². The quantitative estimate of drug-likeness (QED) is 0.719. The van der Waals surface area contributed by atoms with E-state index in [-0.39, 0.29) is 5.91 Å². The standard InChI is InChI=1S/C17H19N7OS2/c1-11-12(2)27-17(20-11)24-7-5-23(6-8-24)14-4-3-13(9-18-14)15(25)21-16-22-19-10-26-16/h3-4,9-10H,5-8H2,1-2H3,(H,21,22,25). The molecular weight excluding hydrogens is 382 g/mol. The van der Waals surface area contributed by atoms with Crippen LogP contribution in [0.4, 0.5) is 16.1 Å². The number of carbonyl (C=O) groups excluding carboxylic acids is 1. The van der Waals surface area contributed by atoms with Crippen LogP contribution >= 0.6 is 22.7 Å². The van der Waals surface area contributed by atoms with Crippen molar-refractivity contribution in [2.45, 2.75) is 13.8 Å². The highest BCUT2D eigenvalue weighted by atomic mass is 32.1. The minimum absolute atomic E-state index is 0.231. The zero-order valence-electron chi connectivity index (χ0n) is 15.0. The van der Waals surface area contributed by atoms with E-state index >= 15 is 0 Å². The molecular formula is C17H19N7OS2. The van der Waals surface area contributed by atoms with Crippen LogP contribution in [0.25, 0.3) is 0 Å². The van der Waals surface area contributed by atoms with E-state index in [2.05, 4.69) is 49.1 Å². The Kier molecular flexibility index (Phi) is 4.99. The molecule has 0 radical (unpaired) electrons. The van der Waals surface area contributed by atoms with Crippen molar-refractivity contribution in [1.82, 2.24) is 20.2 Å². The fraction of sp³-hybridized carbons (Fsp3) is 0.353. The summed E-state index contributed by atoms with van der Waals surface area (Å²) in [5, 5.41) is 11.8. The number of aromatic nitrogens is 4. The van der Waals surface area contributed by atoms with E-state index < -0.39 is 0 Å². The zero-order chi connectivity index (χ0) is 18.8. The normalized spacial score (nSPS) is 14.4. The van der Waals surface area contributed by atoms with Crippen LogP contribution < -0.4 is 15.1 Å². The van der Waals surface area contributed by atoms with Gasteiger partial charge in [-0.05, 0) is 26.0 Å². The van der Waals surface area contributed by atoms with Crippen LogP contribution in [0.5, 0.6) is 0 Å². The van der Waals surface area contributed by atoms with Crippen molar-refractivity contribution in [3.05, 3.63) is 40.0 Å². The summed E-state index contributed by atoms with van der Waals surface area (Å²) in [5.41, 5.74) is 3.19. The minimum Gasteiger partial charge on any atom is -0.353 e. The summed E-state index contributed by atoms with van der Waals surface area (Å²) in [6.45, 7) is 7.74. The topological polar surface area (TPSA) is 87.1 Å². The number of carbonyl (C=O) groups is 1. The molecule has 1 N–H and O–H groups in total. The van der Waals surface area contributed by atoms with E-state index in [9.17, 15) is 4.79 Å². The molecule has 4 heterocycles. The number of anilines is 3. The number of hydrogen-bond acceptors (Lipinski definition) is 9. The van der Waals surface area contributed by atoms with Gasteiger partial charge >= 0.3 is 0 Å². The Morgan fingerprint density at radius 3 is 2.52 bits per heavy atom. The number of pyridine rings is 1. The maximum absolute atomic E-state index is 12.2. The molecule has 0 bridgehead atoms. The second-order valence-corrected chi connectivity index (χ2v) is 8.23. The third-order valence-electron chi connectivity index (χ3n) is 4.48. The van der Waals surface area contributed by atoms with Gasteiger partial charge in [0.1, 0.15) is 11.3 Å². The molecule has 0 spiro atoms. The van der Waals surface area contributed by atoms with Gasteiger partial charge < -0.3 is 9.80 Å². The maximum Gasteiger partial charge on any atom is 0.259 e. The Morgan fingerprint density at radius 1 is 1.15 bits per heavy atom. The van der Waals surface area contributed by atoms with E-state index in [1.807, 2.05) is 6.07 Å². The number of amides is 1. The van der Waals surface area contributed by atoms with E-state index in [0.29, 0.717) is 10.7 Å². The summed E-state index contributed by atoms with van der Waals surface area (Å²) >= 11 is 3.03. The molecule has 1 aliphatic heterocycles. The van der Waals surface area contributed by atoms with Gasteiger partial charge in [0, 0.05) is 37.3 Å². The molecule has 10 heteroatoms. The molecule has 0 atom stereocenters. The molecule has 4 rings (SSSR count). The Balaban J connectivity index is 1.36. The lowest BCUT2D eigenvalue weighted by molar-refractivity contribution is 0.102. The Labute approximate surface area is 164 Å². The lowest BCUT2D eigenvalue weighted by atomic mass is 10.2. The van der Waals surface area contributed by atoms with Gasteiger partial charge in [-0.3, -0.25) is 10.1 Å². The van der Waals surface area contributed by atoms with E-state index in [1.54, 1.807) is 29.1 Å². The first-order valence-electron chi connectivity index (χ1n) is 8.57. The van der Waals surface area contributed by atoms with Gasteiger partial charge in [-0.2, -0.15) is 0 Å². The summed E-state index contributed by atoms with van der Waals surface area (Å²) in [6, 6.07) is 3.68. The average Bonchev–Trinajstić information content (AvgIpc) is 3.32. The molecule has 1 saturated heterocycles. The molecule has 0 aliphatic carbocycles. The van der Waals surface area contributed by atoms with Gasteiger partial charge in [0.2, 0.25) is 5.13 Å². The Bertz CT molecular complexity index is 896. The lowest BCUT2D eigenvalue weighted by Crippen LogP contribution is -2.46. The summed E-state index contributed by atoms with van der Waals surface area (Å²) < 4.78 is 0. The molecule has 3 aromatic heterocycles. The largest absolute Gasteiger partial charge is 0.353 e. The van der Waals surface area contributed by atoms with Crippen LogP contribution in [-0.2, 0) is 0 Å². The number of thiazole rings is 1. The van der Waals surface area contributed by atoms with Crippen molar-refractivity contribution in [2.24, 2.45) is 0 Å². The summed E-state index contributed by atoms with van der Waals surface area (Å²) in [4.78, 5) is 27.1. The highest BCUT2D eigenvalue weighted by Crippen LogP contribution is 2.26. The summed E-state index contributed by atoms with van der Waals surface area (Å²) in [7, 11) is 0. The second kappa shape index (κ2) is 7.57. The molecule has 8 nitrogen and oxygen atoms in total. The highest BCUT2D eigenvalue weighted by Gasteiger charge is 2.21. The number of hydrogen-bond donors (Lipinski definition) is 1. The molecule has 0 saturated carbocycles.